The third-order valence-corrected chi connectivity index (χ3v) is 3.40. The predicted octanol–water partition coefficient (Wildman–Crippen LogP) is 2.33. The van der Waals surface area contributed by atoms with Crippen molar-refractivity contribution in [2.75, 3.05) is 0 Å². The number of amides is 1. The van der Waals surface area contributed by atoms with Gasteiger partial charge in [0.05, 0.1) is 12.1 Å². The Balaban J connectivity index is 2.30. The molecule has 2 unspecified atom stereocenters. The second kappa shape index (κ2) is 4.70. The van der Waals surface area contributed by atoms with E-state index in [1.54, 1.807) is 11.8 Å². The van der Waals surface area contributed by atoms with E-state index in [-0.39, 0.29) is 23.8 Å². The van der Waals surface area contributed by atoms with Crippen LogP contribution >= 0.6 is 0 Å². The van der Waals surface area contributed by atoms with Crippen LogP contribution in [0.15, 0.2) is 30.3 Å². The van der Waals surface area contributed by atoms with E-state index in [2.05, 4.69) is 0 Å². The Morgan fingerprint density at radius 3 is 2.29 bits per heavy atom. The van der Waals surface area contributed by atoms with E-state index in [0.717, 1.165) is 18.4 Å². The van der Waals surface area contributed by atoms with Gasteiger partial charge in [-0.3, -0.25) is 9.59 Å². The maximum Gasteiger partial charge on any atom is 0.220 e. The Bertz CT molecular complexity index is 427. The number of ketones is 1. The minimum atomic E-state index is -0.238. The maximum atomic E-state index is 11.7. The van der Waals surface area contributed by atoms with Crippen molar-refractivity contribution in [2.45, 2.75) is 38.8 Å². The van der Waals surface area contributed by atoms with E-state index in [1.165, 1.54) is 6.92 Å². The number of carbonyl (C=O) groups excluding carboxylic acids is 2. The van der Waals surface area contributed by atoms with Gasteiger partial charge in [0.15, 0.2) is 5.78 Å². The molecule has 2 rings (SSSR count). The van der Waals surface area contributed by atoms with Gasteiger partial charge in [0.2, 0.25) is 5.91 Å². The lowest BCUT2D eigenvalue weighted by molar-refractivity contribution is -0.137. The van der Waals surface area contributed by atoms with Crippen molar-refractivity contribution in [3.05, 3.63) is 35.9 Å². The summed E-state index contributed by atoms with van der Waals surface area (Å²) >= 11 is 0. The summed E-state index contributed by atoms with van der Waals surface area (Å²) < 4.78 is 0. The van der Waals surface area contributed by atoms with Gasteiger partial charge in [-0.05, 0) is 25.3 Å². The Kier molecular flexibility index (Phi) is 3.27. The average Bonchev–Trinajstić information content (AvgIpc) is 2.74. The van der Waals surface area contributed by atoms with E-state index < -0.39 is 0 Å². The first-order valence-electron chi connectivity index (χ1n) is 5.95. The molecule has 0 aliphatic carbocycles. The third kappa shape index (κ3) is 2.23. The van der Waals surface area contributed by atoms with Gasteiger partial charge in [-0.25, -0.2) is 0 Å². The smallest absolute Gasteiger partial charge is 0.220 e. The van der Waals surface area contributed by atoms with E-state index in [0.29, 0.717) is 0 Å². The van der Waals surface area contributed by atoms with Gasteiger partial charge < -0.3 is 4.90 Å². The highest BCUT2D eigenvalue weighted by Crippen LogP contribution is 2.36. The van der Waals surface area contributed by atoms with Crippen LogP contribution in [0.3, 0.4) is 0 Å². The zero-order valence-corrected chi connectivity index (χ0v) is 10.2. The van der Waals surface area contributed by atoms with E-state index in [4.69, 9.17) is 0 Å². The van der Waals surface area contributed by atoms with Crippen molar-refractivity contribution in [1.82, 2.24) is 4.90 Å². The standard InChI is InChI=1S/C14H17NO2/c1-10(16)13-8-9-14(15(13)11(2)17)12-6-4-3-5-7-12/h3-7,13-14H,8-9H2,1-2H3. The molecule has 1 aromatic carbocycles. The van der Waals surface area contributed by atoms with Gasteiger partial charge >= 0.3 is 0 Å². The molecule has 1 aliphatic heterocycles. The molecular weight excluding hydrogens is 214 g/mol. The molecule has 0 bridgehead atoms. The number of hydrogen-bond acceptors (Lipinski definition) is 2. The fourth-order valence-corrected chi connectivity index (χ4v) is 2.65. The summed E-state index contributed by atoms with van der Waals surface area (Å²) in [5.74, 6) is 0.0650. The molecule has 90 valence electrons. The first-order chi connectivity index (χ1) is 8.11. The zero-order valence-electron chi connectivity index (χ0n) is 10.2. The molecule has 0 aromatic heterocycles. The minimum absolute atomic E-state index is 0.0171. The molecule has 2 atom stereocenters. The Morgan fingerprint density at radius 2 is 1.76 bits per heavy atom. The zero-order chi connectivity index (χ0) is 12.4. The van der Waals surface area contributed by atoms with Crippen LogP contribution in [0.25, 0.3) is 0 Å². The van der Waals surface area contributed by atoms with Gasteiger partial charge in [0.1, 0.15) is 0 Å². The molecule has 0 N–H and O–H groups in total. The minimum Gasteiger partial charge on any atom is -0.326 e. The van der Waals surface area contributed by atoms with E-state index in [9.17, 15) is 9.59 Å². The van der Waals surface area contributed by atoms with E-state index in [1.807, 2.05) is 30.3 Å². The van der Waals surface area contributed by atoms with Crippen LogP contribution in [0.4, 0.5) is 0 Å². The van der Waals surface area contributed by atoms with Crippen molar-refractivity contribution in [3.63, 3.8) is 0 Å². The van der Waals surface area contributed by atoms with Crippen molar-refractivity contribution in [3.8, 4) is 0 Å². The average molecular weight is 231 g/mol. The van der Waals surface area contributed by atoms with E-state index >= 15 is 0 Å². The molecule has 0 saturated carbocycles. The van der Waals surface area contributed by atoms with Gasteiger partial charge in [0.25, 0.3) is 0 Å². The molecule has 0 radical (unpaired) electrons. The summed E-state index contributed by atoms with van der Waals surface area (Å²) in [6, 6.07) is 9.75. The highest BCUT2D eigenvalue weighted by molar-refractivity contribution is 5.87. The SMILES string of the molecule is CC(=O)C1CCC(c2ccccc2)N1C(C)=O. The molecule has 1 aliphatic rings. The summed E-state index contributed by atoms with van der Waals surface area (Å²) in [6.45, 7) is 3.10. The van der Waals surface area contributed by atoms with Crippen molar-refractivity contribution in [1.29, 1.82) is 0 Å². The number of rotatable bonds is 2. The highest BCUT2D eigenvalue weighted by atomic mass is 16.2. The molecule has 17 heavy (non-hydrogen) atoms. The molecular formula is C14H17NO2. The first kappa shape index (κ1) is 11.8. The monoisotopic (exact) mass is 231 g/mol. The molecule has 3 heteroatoms. The second-order valence-electron chi connectivity index (χ2n) is 4.56. The molecule has 1 heterocycles. The summed E-state index contributed by atoms with van der Waals surface area (Å²) in [4.78, 5) is 25.0. The van der Waals surface area contributed by atoms with Crippen molar-refractivity contribution in [2.24, 2.45) is 0 Å². The van der Waals surface area contributed by atoms with Crippen molar-refractivity contribution < 1.29 is 9.59 Å². The summed E-state index contributed by atoms with van der Waals surface area (Å²) in [7, 11) is 0. The van der Waals surface area contributed by atoms with Crippen molar-refractivity contribution >= 4 is 11.7 Å². The number of carbonyl (C=O) groups is 2. The van der Waals surface area contributed by atoms with Gasteiger partial charge in [-0.1, -0.05) is 30.3 Å². The fraction of sp³-hybridized carbons (Fsp3) is 0.429. The topological polar surface area (TPSA) is 37.4 Å². The quantitative estimate of drug-likeness (QED) is 0.783. The lowest BCUT2D eigenvalue weighted by atomic mass is 10.0. The predicted molar refractivity (Wildman–Crippen MR) is 65.4 cm³/mol. The normalized spacial score (nSPS) is 23.8. The Hall–Kier alpha value is -1.64. The number of benzene rings is 1. The first-order valence-corrected chi connectivity index (χ1v) is 5.95. The van der Waals surface area contributed by atoms with Crippen LogP contribution in [0.2, 0.25) is 0 Å². The second-order valence-corrected chi connectivity index (χ2v) is 4.56. The molecule has 1 saturated heterocycles. The maximum absolute atomic E-state index is 11.7. The summed E-state index contributed by atoms with van der Waals surface area (Å²) in [5.41, 5.74) is 1.12. The fourth-order valence-electron chi connectivity index (χ4n) is 2.65. The number of likely N-dealkylation sites (tertiary alicyclic amines) is 1. The van der Waals surface area contributed by atoms with Crippen LogP contribution < -0.4 is 0 Å². The summed E-state index contributed by atoms with van der Waals surface area (Å²) in [5, 5.41) is 0. The molecule has 1 amide bonds. The van der Waals surface area contributed by atoms with Crippen LogP contribution in [-0.2, 0) is 9.59 Å². The molecule has 3 nitrogen and oxygen atoms in total. The molecule has 1 aromatic rings. The third-order valence-electron chi connectivity index (χ3n) is 3.40. The number of hydrogen-bond donors (Lipinski definition) is 0. The Morgan fingerprint density at radius 1 is 1.12 bits per heavy atom. The lowest BCUT2D eigenvalue weighted by Crippen LogP contribution is -2.39. The van der Waals surface area contributed by atoms with Crippen LogP contribution in [0.5, 0.6) is 0 Å². The highest BCUT2D eigenvalue weighted by Gasteiger charge is 2.38. The van der Waals surface area contributed by atoms with Gasteiger partial charge in [-0.15, -0.1) is 0 Å². The molecule has 1 fully saturated rings. The number of nitrogens with zero attached hydrogens (tertiary/aromatic N) is 1. The summed E-state index contributed by atoms with van der Waals surface area (Å²) in [6.07, 6.45) is 1.64. The van der Waals surface area contributed by atoms with Crippen LogP contribution in [0, 0.1) is 0 Å². The Labute approximate surface area is 101 Å². The largest absolute Gasteiger partial charge is 0.326 e. The van der Waals surface area contributed by atoms with Gasteiger partial charge in [0, 0.05) is 6.92 Å². The number of Topliss-reactive ketones (excluding diaryl/α,β-unsaturated/α-hetero) is 1. The molecule has 0 spiro atoms. The lowest BCUT2D eigenvalue weighted by Gasteiger charge is -2.28. The van der Waals surface area contributed by atoms with Gasteiger partial charge in [-0.2, -0.15) is 0 Å². The van der Waals surface area contributed by atoms with Crippen LogP contribution in [0.1, 0.15) is 38.3 Å². The van der Waals surface area contributed by atoms with Crippen LogP contribution in [-0.4, -0.2) is 22.6 Å².